The van der Waals surface area contributed by atoms with Gasteiger partial charge in [0.15, 0.2) is 0 Å². The van der Waals surface area contributed by atoms with Gasteiger partial charge in [-0.15, -0.1) is 21.5 Å². The van der Waals surface area contributed by atoms with Gasteiger partial charge in [-0.2, -0.15) is 13.3 Å². The molecular weight excluding hydrogens is 1860 g/mol. The molecule has 2 rings (SSSR count). The third-order valence-electron chi connectivity index (χ3n) is 4.59. The summed E-state index contributed by atoms with van der Waals surface area (Å²) in [6.45, 7) is 0.957. The Morgan fingerprint density at radius 2 is 1.34 bits per heavy atom. The minimum absolute atomic E-state index is 0. The predicted octanol–water partition coefficient (Wildman–Crippen LogP) is -3.49. The number of carbonyl (C=O) groups is 3. The fourth-order valence-electron chi connectivity index (χ4n) is 2.21. The van der Waals surface area contributed by atoms with E-state index in [0.717, 1.165) is 0 Å². The maximum Gasteiger partial charge on any atom is 3.00 e. The number of aliphatic carboxylic acids is 2. The van der Waals surface area contributed by atoms with E-state index in [-0.39, 0.29) is 129 Å². The summed E-state index contributed by atoms with van der Waals surface area (Å²) in [7, 11) is -11.8. The van der Waals surface area contributed by atoms with Gasteiger partial charge < -0.3 is 117 Å². The first-order valence-corrected chi connectivity index (χ1v) is 20.5. The number of nitrogen functional groups attached to an aromatic ring is 1. The molecule has 12 N–H and O–H groups in total. The van der Waals surface area contributed by atoms with E-state index in [1.165, 1.54) is 25.1 Å². The van der Waals surface area contributed by atoms with E-state index >= 15 is 0 Å². The Labute approximate surface area is 432 Å². The van der Waals surface area contributed by atoms with Crippen molar-refractivity contribution in [1.29, 1.82) is 0 Å². The van der Waals surface area contributed by atoms with Gasteiger partial charge in [0.25, 0.3) is 5.97 Å². The molecular formula is C21H33Au5NO20S9. The van der Waals surface area contributed by atoms with Gasteiger partial charge in [-0.3, -0.25) is 22.6 Å². The van der Waals surface area contributed by atoms with Crippen molar-refractivity contribution < 1.29 is 206 Å². The van der Waals surface area contributed by atoms with Crippen molar-refractivity contribution in [3.8, 4) is 0 Å². The number of aliphatic hydroxyl groups excluding tert-OH is 4. The van der Waals surface area contributed by atoms with Gasteiger partial charge in [0, 0.05) is 40.1 Å². The molecule has 1 aliphatic heterocycles. The molecule has 0 amide bonds. The zero-order valence-corrected chi connectivity index (χ0v) is 45.1. The number of benzene rings is 1. The predicted molar refractivity (Wildman–Crippen MR) is 192 cm³/mol. The molecule has 0 spiro atoms. The van der Waals surface area contributed by atoms with Gasteiger partial charge in [0.1, 0.15) is 27.5 Å². The molecule has 1 fully saturated rings. The van der Waals surface area contributed by atoms with Gasteiger partial charge in [-0.25, -0.2) is 19.5 Å². The van der Waals surface area contributed by atoms with Crippen LogP contribution in [0.1, 0.15) is 30.1 Å². The number of aliphatic hydroxyl groups is 5. The van der Waals surface area contributed by atoms with Crippen LogP contribution >= 0.6 is 12.6 Å². The Hall–Kier alpha value is 2.63. The molecule has 7 unspecified atom stereocenters. The Morgan fingerprint density at radius 1 is 0.964 bits per heavy atom. The molecule has 56 heavy (non-hydrogen) atoms. The first kappa shape index (κ1) is 79.1. The van der Waals surface area contributed by atoms with Crippen LogP contribution < -0.4 is 5.73 Å². The first-order valence-electron chi connectivity index (χ1n) is 12.3. The third-order valence-corrected chi connectivity index (χ3v) is 7.81. The maximum atomic E-state index is 10.4. The molecule has 1 aromatic carbocycles. The molecule has 1 radical (unpaired) electrons. The molecule has 1 saturated heterocycles. The summed E-state index contributed by atoms with van der Waals surface area (Å²) in [5, 5.41) is 68.2. The molecule has 7 atom stereocenters. The second-order valence-electron chi connectivity index (χ2n) is 8.74. The summed E-state index contributed by atoms with van der Waals surface area (Å²) in [6, 6.07) is 4.37. The van der Waals surface area contributed by atoms with Crippen LogP contribution in [0.5, 0.6) is 0 Å². The van der Waals surface area contributed by atoms with E-state index in [0.29, 0.717) is 5.69 Å². The monoisotopic (exact) mass is 1890 g/mol. The van der Waals surface area contributed by atoms with Crippen molar-refractivity contribution in [2.75, 3.05) is 12.3 Å². The van der Waals surface area contributed by atoms with Gasteiger partial charge in [-0.1, -0.05) is 18.2 Å². The number of anilines is 1. The summed E-state index contributed by atoms with van der Waals surface area (Å²) < 4.78 is 74.9. The number of ether oxygens (including phenoxy) is 1. The second kappa shape index (κ2) is 38.1. The van der Waals surface area contributed by atoms with E-state index < -0.39 is 98.4 Å². The number of thiol groups is 1. The average molecular weight is 1890 g/mol. The minimum Gasteiger partial charge on any atom is -0.779 e. The quantitative estimate of drug-likeness (QED) is 0.0184. The van der Waals surface area contributed by atoms with E-state index in [1.54, 1.807) is 0 Å². The SMILES string of the molecule is CCC(O)(S)S(=O)(=O)O.Nc1ccc(C(=O)O)c([S-])c1.O=C(O)CC([S-])C(=O)O.O=S(=O)(O)[S-].OCC1OC([S-])C(O)C(O)C1O.[Au+3].[Au+].[Au+].[Au+].[Au].[CH2-]S(=O)(=O)[S-]. The third kappa shape index (κ3) is 46.1. The molecule has 0 bridgehead atoms. The Morgan fingerprint density at radius 3 is 1.55 bits per heavy atom. The zero-order valence-electron chi connectivity index (χ0n) is 26.9. The summed E-state index contributed by atoms with van der Waals surface area (Å²) in [4.78, 5) is 30.4. The number of aromatic carboxylic acids is 1. The Bertz CT molecular complexity index is 1530. The van der Waals surface area contributed by atoms with Crippen molar-refractivity contribution in [3.63, 3.8) is 0 Å². The topological polar surface area (TPSA) is 391 Å². The fraction of sp³-hybridized carbons (Fsp3) is 0.524. The number of hydrogen-bond acceptors (Lipinski definition) is 22. The summed E-state index contributed by atoms with van der Waals surface area (Å²) in [5.41, 5.74) is 4.99. The number of rotatable bonds is 7. The number of carboxylic acids is 3. The number of carboxylic acid groups (broad SMARTS) is 3. The molecule has 35 heteroatoms. The minimum atomic E-state index is -4.43. The van der Waals surface area contributed by atoms with Crippen LogP contribution in [-0.4, -0.2) is 139 Å². The van der Waals surface area contributed by atoms with Crippen LogP contribution in [0.15, 0.2) is 23.1 Å². The molecule has 1 heterocycles. The molecule has 0 aromatic heterocycles. The summed E-state index contributed by atoms with van der Waals surface area (Å²) in [6.07, 6.45) is -2.92. The smallest absolute Gasteiger partial charge is 0.779 e. The second-order valence-corrected chi connectivity index (χ2v) is 17.6. The van der Waals surface area contributed by atoms with E-state index in [1.807, 2.05) is 0 Å². The molecule has 21 nitrogen and oxygen atoms in total. The summed E-state index contributed by atoms with van der Waals surface area (Å²) >= 11 is 24.0. The number of hydrogen-bond donors (Lipinski definition) is 12. The first-order chi connectivity index (χ1) is 22.5. The van der Waals surface area contributed by atoms with Crippen LogP contribution in [-0.2, 0) is 216 Å². The van der Waals surface area contributed by atoms with Crippen molar-refractivity contribution in [1.82, 2.24) is 0 Å². The van der Waals surface area contributed by atoms with E-state index in [2.05, 4.69) is 67.5 Å². The summed E-state index contributed by atoms with van der Waals surface area (Å²) in [5.74, 6) is -3.46. The van der Waals surface area contributed by atoms with Crippen molar-refractivity contribution in [2.45, 2.75) is 64.0 Å². The van der Waals surface area contributed by atoms with E-state index in [9.17, 15) is 36.3 Å². The molecule has 1 aromatic rings. The van der Waals surface area contributed by atoms with Crippen molar-refractivity contribution in [2.24, 2.45) is 0 Å². The van der Waals surface area contributed by atoms with Gasteiger partial charge >= 0.3 is 112 Å². The van der Waals surface area contributed by atoms with Crippen LogP contribution in [0.2, 0.25) is 0 Å². The Kier molecular flexibility index (Phi) is 53.8. The van der Waals surface area contributed by atoms with Crippen LogP contribution in [0.25, 0.3) is 0 Å². The maximum absolute atomic E-state index is 10.4. The average Bonchev–Trinajstić information content (AvgIpc) is 2.92. The number of nitrogens with two attached hydrogens (primary N) is 1. The fourth-order valence-corrected chi connectivity index (χ4v) is 3.31. The molecule has 351 valence electrons. The van der Waals surface area contributed by atoms with Crippen molar-refractivity contribution >= 4 is 126 Å². The van der Waals surface area contributed by atoms with Gasteiger partial charge in [0.05, 0.1) is 12.7 Å². The Balaban J connectivity index is -0.0000000681. The van der Waals surface area contributed by atoms with Crippen LogP contribution in [0, 0.1) is 6.26 Å². The van der Waals surface area contributed by atoms with Crippen LogP contribution in [0.4, 0.5) is 5.69 Å². The van der Waals surface area contributed by atoms with Gasteiger partial charge in [0.2, 0.25) is 4.27 Å². The molecule has 1 aliphatic rings. The standard InChI is InChI=1S/C7H7NO2S.C6H12O5S.C4H6O4S.C3H8O4S2.CH3O2S2.5Au.H2O3S2/c8-4-1-2-5(7(9)10)6(11)3-4;7-1-2-3(8)4(9)5(10)6(12)11-2;5-3(6)1-2(9)4(7)8;1-2-3(4,8)9(5,6)7;1-5(2,3)4;;;;;;1-5(2,3)4/h1-3,11H,8H2,(H,9,10);2-10,12H,1H2;2,9H,1H2,(H,5,6)(H,7,8);4,8H,2H2,1H3,(H,5,6,7);1H2,(H,2,3,4);;;;;;(H2,1,2,3,4)/q;;;;-1;;3*+1;+3;/p-5. The van der Waals surface area contributed by atoms with Crippen LogP contribution in [0.3, 0.4) is 0 Å². The van der Waals surface area contributed by atoms with Crippen molar-refractivity contribution in [3.05, 3.63) is 30.0 Å². The zero-order chi connectivity index (χ0) is 41.9. The largest absolute Gasteiger partial charge is 3.00 e. The molecule has 0 saturated carbocycles. The normalized spacial score (nSPS) is 19.6. The molecule has 0 aliphatic carbocycles. The van der Waals surface area contributed by atoms with E-state index in [4.69, 9.17) is 76.4 Å². The van der Waals surface area contributed by atoms with Gasteiger partial charge in [-0.05, 0) is 24.0 Å².